The van der Waals surface area contributed by atoms with Crippen LogP contribution in [0, 0.1) is 0 Å². The van der Waals surface area contributed by atoms with E-state index in [1.807, 2.05) is 24.3 Å². The number of esters is 1. The second-order valence-electron chi connectivity index (χ2n) is 4.94. The average molecular weight is 251 g/mol. The van der Waals surface area contributed by atoms with Gasteiger partial charge in [0.05, 0.1) is 19.1 Å². The maximum atomic E-state index is 11.3. The predicted octanol–water partition coefficient (Wildman–Crippen LogP) is 1.26. The molecular weight excluding hydrogens is 230 g/mol. The number of benzene rings is 1. The van der Waals surface area contributed by atoms with E-state index in [2.05, 4.69) is 10.1 Å². The van der Waals surface area contributed by atoms with Crippen molar-refractivity contribution >= 4 is 5.97 Å². The van der Waals surface area contributed by atoms with Crippen LogP contribution < -0.4 is 5.32 Å². The first kappa shape index (κ1) is 14.7. The van der Waals surface area contributed by atoms with E-state index in [0.717, 1.165) is 11.1 Å². The molecule has 0 radical (unpaired) electrons. The molecule has 1 aromatic rings. The number of rotatable bonds is 6. The maximum Gasteiger partial charge on any atom is 0.309 e. The van der Waals surface area contributed by atoms with E-state index < -0.39 is 5.60 Å². The monoisotopic (exact) mass is 251 g/mol. The van der Waals surface area contributed by atoms with E-state index >= 15 is 0 Å². The average Bonchev–Trinajstić information content (AvgIpc) is 2.29. The summed E-state index contributed by atoms with van der Waals surface area (Å²) in [5.41, 5.74) is 1.26. The molecule has 0 aliphatic heterocycles. The van der Waals surface area contributed by atoms with E-state index in [1.165, 1.54) is 7.11 Å². The topological polar surface area (TPSA) is 58.6 Å². The third-order valence-electron chi connectivity index (χ3n) is 2.55. The van der Waals surface area contributed by atoms with Gasteiger partial charge in [0, 0.05) is 13.1 Å². The molecular formula is C14H21NO3. The Labute approximate surface area is 108 Å². The number of carbonyl (C=O) groups excluding carboxylic acids is 1. The van der Waals surface area contributed by atoms with Gasteiger partial charge in [-0.05, 0) is 25.0 Å². The van der Waals surface area contributed by atoms with Gasteiger partial charge in [0.2, 0.25) is 0 Å². The Morgan fingerprint density at radius 1 is 1.33 bits per heavy atom. The van der Waals surface area contributed by atoms with Crippen LogP contribution in [0.15, 0.2) is 24.3 Å². The lowest BCUT2D eigenvalue weighted by Gasteiger charge is -2.18. The third kappa shape index (κ3) is 5.29. The molecule has 4 heteroatoms. The minimum Gasteiger partial charge on any atom is -0.469 e. The van der Waals surface area contributed by atoms with Crippen molar-refractivity contribution in [1.82, 2.24) is 5.32 Å². The molecule has 0 aliphatic rings. The van der Waals surface area contributed by atoms with Crippen molar-refractivity contribution in [3.8, 4) is 0 Å². The highest BCUT2D eigenvalue weighted by atomic mass is 16.5. The standard InChI is InChI=1S/C14H21NO3/c1-14(2,17)10-15-9-12-7-5-4-6-11(12)8-13(16)18-3/h4-7,15,17H,8-10H2,1-3H3. The number of aliphatic hydroxyl groups is 1. The highest BCUT2D eigenvalue weighted by molar-refractivity contribution is 5.72. The summed E-state index contributed by atoms with van der Waals surface area (Å²) in [6, 6.07) is 7.72. The molecule has 0 saturated carbocycles. The maximum absolute atomic E-state index is 11.3. The summed E-state index contributed by atoms with van der Waals surface area (Å²) in [6.45, 7) is 4.62. The van der Waals surface area contributed by atoms with E-state index in [0.29, 0.717) is 13.1 Å². The van der Waals surface area contributed by atoms with Gasteiger partial charge in [-0.25, -0.2) is 0 Å². The van der Waals surface area contributed by atoms with Crippen LogP contribution in [0.5, 0.6) is 0 Å². The molecule has 0 heterocycles. The molecule has 0 atom stereocenters. The van der Waals surface area contributed by atoms with Crippen LogP contribution in [0.25, 0.3) is 0 Å². The zero-order valence-corrected chi connectivity index (χ0v) is 11.2. The molecule has 100 valence electrons. The molecule has 4 nitrogen and oxygen atoms in total. The van der Waals surface area contributed by atoms with Gasteiger partial charge in [-0.15, -0.1) is 0 Å². The summed E-state index contributed by atoms with van der Waals surface area (Å²) in [4.78, 5) is 11.3. The molecule has 0 bridgehead atoms. The zero-order valence-electron chi connectivity index (χ0n) is 11.2. The van der Waals surface area contributed by atoms with Crippen LogP contribution in [-0.2, 0) is 22.5 Å². The summed E-state index contributed by atoms with van der Waals surface area (Å²) >= 11 is 0. The number of nitrogens with one attached hydrogen (secondary N) is 1. The van der Waals surface area contributed by atoms with E-state index in [4.69, 9.17) is 0 Å². The Hall–Kier alpha value is -1.39. The first-order chi connectivity index (χ1) is 8.42. The minimum atomic E-state index is -0.739. The number of ether oxygens (including phenoxy) is 1. The Bertz CT molecular complexity index is 396. The fourth-order valence-electron chi connectivity index (χ4n) is 1.63. The lowest BCUT2D eigenvalue weighted by atomic mass is 10.0. The van der Waals surface area contributed by atoms with Crippen molar-refractivity contribution < 1.29 is 14.6 Å². The Morgan fingerprint density at radius 2 is 1.94 bits per heavy atom. The minimum absolute atomic E-state index is 0.245. The molecule has 0 saturated heterocycles. The summed E-state index contributed by atoms with van der Waals surface area (Å²) in [7, 11) is 1.39. The van der Waals surface area contributed by atoms with E-state index in [9.17, 15) is 9.90 Å². The lowest BCUT2D eigenvalue weighted by molar-refractivity contribution is -0.139. The molecule has 1 rings (SSSR count). The van der Waals surface area contributed by atoms with Gasteiger partial charge >= 0.3 is 5.97 Å². The van der Waals surface area contributed by atoms with Crippen LogP contribution in [0.3, 0.4) is 0 Å². The third-order valence-corrected chi connectivity index (χ3v) is 2.55. The van der Waals surface area contributed by atoms with Crippen molar-refractivity contribution in [3.05, 3.63) is 35.4 Å². The van der Waals surface area contributed by atoms with Crippen LogP contribution in [-0.4, -0.2) is 30.3 Å². The smallest absolute Gasteiger partial charge is 0.309 e. The molecule has 0 amide bonds. The fourth-order valence-corrected chi connectivity index (χ4v) is 1.63. The summed E-state index contributed by atoms with van der Waals surface area (Å²) in [5, 5.41) is 12.8. The van der Waals surface area contributed by atoms with Gasteiger partial charge in [0.25, 0.3) is 0 Å². The first-order valence-corrected chi connectivity index (χ1v) is 5.99. The molecule has 0 aliphatic carbocycles. The Morgan fingerprint density at radius 3 is 2.50 bits per heavy atom. The van der Waals surface area contributed by atoms with E-state index in [1.54, 1.807) is 13.8 Å². The van der Waals surface area contributed by atoms with Crippen LogP contribution >= 0.6 is 0 Å². The summed E-state index contributed by atoms with van der Waals surface area (Å²) < 4.78 is 4.67. The Balaban J connectivity index is 2.62. The fraction of sp³-hybridized carbons (Fsp3) is 0.500. The SMILES string of the molecule is COC(=O)Cc1ccccc1CNCC(C)(C)O. The number of carbonyl (C=O) groups is 1. The van der Waals surface area contributed by atoms with Crippen LogP contribution in [0.1, 0.15) is 25.0 Å². The van der Waals surface area contributed by atoms with E-state index in [-0.39, 0.29) is 12.4 Å². The van der Waals surface area contributed by atoms with Crippen LogP contribution in [0.4, 0.5) is 0 Å². The van der Waals surface area contributed by atoms with Gasteiger partial charge in [-0.3, -0.25) is 4.79 Å². The van der Waals surface area contributed by atoms with Gasteiger partial charge in [0.1, 0.15) is 0 Å². The predicted molar refractivity (Wildman–Crippen MR) is 70.2 cm³/mol. The van der Waals surface area contributed by atoms with Crippen molar-refractivity contribution in [3.63, 3.8) is 0 Å². The highest BCUT2D eigenvalue weighted by Crippen LogP contribution is 2.10. The van der Waals surface area contributed by atoms with Crippen molar-refractivity contribution in [2.45, 2.75) is 32.4 Å². The van der Waals surface area contributed by atoms with Crippen LogP contribution in [0.2, 0.25) is 0 Å². The van der Waals surface area contributed by atoms with Gasteiger partial charge in [-0.2, -0.15) is 0 Å². The second-order valence-corrected chi connectivity index (χ2v) is 4.94. The quantitative estimate of drug-likeness (QED) is 0.747. The number of hydrogen-bond donors (Lipinski definition) is 2. The molecule has 18 heavy (non-hydrogen) atoms. The summed E-state index contributed by atoms with van der Waals surface area (Å²) in [5.74, 6) is -0.245. The van der Waals surface area contributed by atoms with Gasteiger partial charge in [-0.1, -0.05) is 24.3 Å². The normalized spacial score (nSPS) is 11.3. The highest BCUT2D eigenvalue weighted by Gasteiger charge is 2.12. The molecule has 2 N–H and O–H groups in total. The molecule has 1 aromatic carbocycles. The zero-order chi connectivity index (χ0) is 13.6. The van der Waals surface area contributed by atoms with Crippen molar-refractivity contribution in [1.29, 1.82) is 0 Å². The largest absolute Gasteiger partial charge is 0.469 e. The van der Waals surface area contributed by atoms with Gasteiger partial charge in [0.15, 0.2) is 0 Å². The number of hydrogen-bond acceptors (Lipinski definition) is 4. The lowest BCUT2D eigenvalue weighted by Crippen LogP contribution is -2.34. The molecule has 0 unspecified atom stereocenters. The molecule has 0 spiro atoms. The van der Waals surface area contributed by atoms with Crippen molar-refractivity contribution in [2.75, 3.05) is 13.7 Å². The molecule has 0 aromatic heterocycles. The van der Waals surface area contributed by atoms with Gasteiger partial charge < -0.3 is 15.2 Å². The Kier molecular flexibility index (Phi) is 5.31. The first-order valence-electron chi connectivity index (χ1n) is 5.99. The molecule has 0 fully saturated rings. The second kappa shape index (κ2) is 6.52. The summed E-state index contributed by atoms with van der Waals surface area (Å²) in [6.07, 6.45) is 0.275. The van der Waals surface area contributed by atoms with Crippen molar-refractivity contribution in [2.24, 2.45) is 0 Å². The number of methoxy groups -OCH3 is 1.